The van der Waals surface area contributed by atoms with E-state index in [0.717, 1.165) is 55.6 Å². The van der Waals surface area contributed by atoms with Crippen molar-refractivity contribution in [2.45, 2.75) is 26.4 Å². The third-order valence-electron chi connectivity index (χ3n) is 4.59. The number of benzene rings is 1. The van der Waals surface area contributed by atoms with Gasteiger partial charge in [0.05, 0.1) is 13.7 Å². The lowest BCUT2D eigenvalue weighted by atomic mass is 10.2. The number of likely N-dealkylation sites (N-methyl/N-ethyl adjacent to an activating group) is 1. The standard InChI is InChI=1S/C24H37N5O3/c1-5-31-15-6-12-26-24(27-18-20-7-9-22(30-4)10-8-20)28-19-21-11-13-25-23(17-21)32-16-14-29(2)3/h7-11,13,17H,5-6,12,14-16,18-19H2,1-4H3,(H2,26,27,28). The normalized spacial score (nSPS) is 11.5. The molecule has 0 aliphatic carbocycles. The van der Waals surface area contributed by atoms with Crippen LogP contribution in [0.2, 0.25) is 0 Å². The number of pyridine rings is 1. The Kier molecular flexibility index (Phi) is 12.0. The molecule has 176 valence electrons. The molecule has 32 heavy (non-hydrogen) atoms. The van der Waals surface area contributed by atoms with E-state index >= 15 is 0 Å². The lowest BCUT2D eigenvalue weighted by Gasteiger charge is -2.13. The summed E-state index contributed by atoms with van der Waals surface area (Å²) in [5.74, 6) is 2.22. The summed E-state index contributed by atoms with van der Waals surface area (Å²) >= 11 is 0. The smallest absolute Gasteiger partial charge is 0.213 e. The number of nitrogens with one attached hydrogen (secondary N) is 2. The first-order chi connectivity index (χ1) is 15.6. The second-order valence-electron chi connectivity index (χ2n) is 7.50. The van der Waals surface area contributed by atoms with Gasteiger partial charge in [-0.2, -0.15) is 0 Å². The first-order valence-electron chi connectivity index (χ1n) is 11.1. The molecule has 0 spiro atoms. The van der Waals surface area contributed by atoms with Crippen LogP contribution in [-0.4, -0.2) is 70.0 Å². The van der Waals surface area contributed by atoms with E-state index < -0.39 is 0 Å². The van der Waals surface area contributed by atoms with E-state index in [0.29, 0.717) is 25.6 Å². The maximum absolute atomic E-state index is 5.73. The highest BCUT2D eigenvalue weighted by atomic mass is 16.5. The summed E-state index contributed by atoms with van der Waals surface area (Å²) in [4.78, 5) is 11.1. The average Bonchev–Trinajstić information content (AvgIpc) is 2.80. The molecule has 0 saturated heterocycles. The van der Waals surface area contributed by atoms with Gasteiger partial charge >= 0.3 is 0 Å². The molecule has 1 aromatic carbocycles. The molecule has 2 aromatic rings. The molecule has 0 bridgehead atoms. The molecule has 0 radical (unpaired) electrons. The van der Waals surface area contributed by atoms with Crippen LogP contribution in [0.1, 0.15) is 24.5 Å². The zero-order valence-electron chi connectivity index (χ0n) is 19.8. The fraction of sp³-hybridized carbons (Fsp3) is 0.500. The highest BCUT2D eigenvalue weighted by Gasteiger charge is 2.03. The maximum atomic E-state index is 5.73. The van der Waals surface area contributed by atoms with Crippen molar-refractivity contribution in [3.8, 4) is 11.6 Å². The van der Waals surface area contributed by atoms with Crippen molar-refractivity contribution in [2.75, 3.05) is 54.1 Å². The van der Waals surface area contributed by atoms with E-state index in [1.54, 1.807) is 13.3 Å². The summed E-state index contributed by atoms with van der Waals surface area (Å²) in [6.07, 6.45) is 2.67. The Labute approximate surface area is 192 Å². The van der Waals surface area contributed by atoms with Crippen LogP contribution in [0.25, 0.3) is 0 Å². The van der Waals surface area contributed by atoms with E-state index in [-0.39, 0.29) is 0 Å². The van der Waals surface area contributed by atoms with Gasteiger partial charge in [0.25, 0.3) is 0 Å². The molecular weight excluding hydrogens is 406 g/mol. The Balaban J connectivity index is 1.95. The predicted octanol–water partition coefficient (Wildman–Crippen LogP) is 2.69. The van der Waals surface area contributed by atoms with Gasteiger partial charge in [-0.1, -0.05) is 12.1 Å². The topological polar surface area (TPSA) is 80.2 Å². The SMILES string of the molecule is CCOCCCNC(=NCc1ccnc(OCCN(C)C)c1)NCc1ccc(OC)cc1. The molecule has 2 N–H and O–H groups in total. The van der Waals surface area contributed by atoms with Crippen molar-refractivity contribution < 1.29 is 14.2 Å². The van der Waals surface area contributed by atoms with Crippen LogP contribution < -0.4 is 20.1 Å². The molecular formula is C24H37N5O3. The number of aliphatic imine (C=N–C) groups is 1. The van der Waals surface area contributed by atoms with Gasteiger partial charge in [-0.25, -0.2) is 9.98 Å². The van der Waals surface area contributed by atoms with Crippen LogP contribution in [-0.2, 0) is 17.8 Å². The second kappa shape index (κ2) is 15.0. The van der Waals surface area contributed by atoms with Crippen LogP contribution in [0.5, 0.6) is 11.6 Å². The number of nitrogens with zero attached hydrogens (tertiary/aromatic N) is 3. The first-order valence-corrected chi connectivity index (χ1v) is 11.1. The summed E-state index contributed by atoms with van der Waals surface area (Å²) in [5.41, 5.74) is 2.19. The van der Waals surface area contributed by atoms with E-state index in [9.17, 15) is 0 Å². The number of rotatable bonds is 14. The Morgan fingerprint density at radius 1 is 1.06 bits per heavy atom. The lowest BCUT2D eigenvalue weighted by Crippen LogP contribution is -2.37. The summed E-state index contributed by atoms with van der Waals surface area (Å²) in [6.45, 7) is 6.88. The Bertz CT molecular complexity index is 796. The molecule has 0 amide bonds. The van der Waals surface area contributed by atoms with Crippen molar-refractivity contribution in [2.24, 2.45) is 4.99 Å². The molecule has 8 nitrogen and oxygen atoms in total. The monoisotopic (exact) mass is 443 g/mol. The van der Waals surface area contributed by atoms with Crippen molar-refractivity contribution in [1.82, 2.24) is 20.5 Å². The van der Waals surface area contributed by atoms with Crippen LogP contribution in [0.4, 0.5) is 0 Å². The zero-order chi connectivity index (χ0) is 23.0. The van der Waals surface area contributed by atoms with Crippen LogP contribution in [0, 0.1) is 0 Å². The van der Waals surface area contributed by atoms with Gasteiger partial charge in [-0.15, -0.1) is 0 Å². The van der Waals surface area contributed by atoms with Gasteiger partial charge in [0.2, 0.25) is 5.88 Å². The van der Waals surface area contributed by atoms with Gasteiger partial charge in [0.1, 0.15) is 12.4 Å². The average molecular weight is 444 g/mol. The molecule has 0 aliphatic heterocycles. The fourth-order valence-corrected chi connectivity index (χ4v) is 2.76. The van der Waals surface area contributed by atoms with Crippen molar-refractivity contribution in [3.05, 3.63) is 53.7 Å². The number of guanidine groups is 1. The zero-order valence-corrected chi connectivity index (χ0v) is 19.8. The van der Waals surface area contributed by atoms with Gasteiger partial charge in [-0.3, -0.25) is 0 Å². The number of methoxy groups -OCH3 is 1. The molecule has 0 saturated carbocycles. The minimum atomic E-state index is 0.524. The number of hydrogen-bond acceptors (Lipinski definition) is 6. The predicted molar refractivity (Wildman–Crippen MR) is 128 cm³/mol. The van der Waals surface area contributed by atoms with Gasteiger partial charge in [0, 0.05) is 45.1 Å². The van der Waals surface area contributed by atoms with Crippen LogP contribution in [0.15, 0.2) is 47.6 Å². The molecule has 1 heterocycles. The Morgan fingerprint density at radius 2 is 1.88 bits per heavy atom. The summed E-state index contributed by atoms with van der Waals surface area (Å²) in [6, 6.07) is 11.9. The molecule has 0 aliphatic rings. The van der Waals surface area contributed by atoms with E-state index in [1.807, 2.05) is 57.4 Å². The fourth-order valence-electron chi connectivity index (χ4n) is 2.76. The quantitative estimate of drug-likeness (QED) is 0.264. The van der Waals surface area contributed by atoms with Gasteiger partial charge < -0.3 is 29.7 Å². The second-order valence-corrected chi connectivity index (χ2v) is 7.50. The first kappa shape index (κ1) is 25.4. The number of aromatic nitrogens is 1. The van der Waals surface area contributed by atoms with E-state index in [2.05, 4.69) is 20.5 Å². The molecule has 8 heteroatoms. The van der Waals surface area contributed by atoms with Crippen LogP contribution in [0.3, 0.4) is 0 Å². The molecule has 0 fully saturated rings. The molecule has 2 rings (SSSR count). The third kappa shape index (κ3) is 10.5. The molecule has 0 unspecified atom stereocenters. The van der Waals surface area contributed by atoms with Crippen LogP contribution >= 0.6 is 0 Å². The highest BCUT2D eigenvalue weighted by Crippen LogP contribution is 2.12. The third-order valence-corrected chi connectivity index (χ3v) is 4.59. The highest BCUT2D eigenvalue weighted by molar-refractivity contribution is 5.79. The summed E-state index contributed by atoms with van der Waals surface area (Å²) < 4.78 is 16.4. The molecule has 0 atom stereocenters. The number of ether oxygens (including phenoxy) is 3. The lowest BCUT2D eigenvalue weighted by molar-refractivity contribution is 0.145. The van der Waals surface area contributed by atoms with E-state index in [4.69, 9.17) is 19.2 Å². The minimum absolute atomic E-state index is 0.524. The Hall–Kier alpha value is -2.84. The largest absolute Gasteiger partial charge is 0.497 e. The molecule has 1 aromatic heterocycles. The van der Waals surface area contributed by atoms with Crippen molar-refractivity contribution in [1.29, 1.82) is 0 Å². The van der Waals surface area contributed by atoms with Gasteiger partial charge in [0.15, 0.2) is 5.96 Å². The van der Waals surface area contributed by atoms with E-state index in [1.165, 1.54) is 0 Å². The summed E-state index contributed by atoms with van der Waals surface area (Å²) in [5, 5.41) is 6.79. The van der Waals surface area contributed by atoms with Crippen molar-refractivity contribution >= 4 is 5.96 Å². The maximum Gasteiger partial charge on any atom is 0.213 e. The number of hydrogen-bond donors (Lipinski definition) is 2. The summed E-state index contributed by atoms with van der Waals surface area (Å²) in [7, 11) is 5.70. The Morgan fingerprint density at radius 3 is 2.59 bits per heavy atom. The van der Waals surface area contributed by atoms with Gasteiger partial charge in [-0.05, 0) is 56.8 Å². The van der Waals surface area contributed by atoms with Crippen molar-refractivity contribution in [3.63, 3.8) is 0 Å². The minimum Gasteiger partial charge on any atom is -0.497 e.